The maximum atomic E-state index is 13.1. The summed E-state index contributed by atoms with van der Waals surface area (Å²) < 4.78 is 24.9. The highest BCUT2D eigenvalue weighted by atomic mass is 32.2. The fraction of sp³-hybridized carbons (Fsp3) is 0.545. The van der Waals surface area contributed by atoms with Crippen molar-refractivity contribution in [3.63, 3.8) is 0 Å². The van der Waals surface area contributed by atoms with Crippen LogP contribution in [0.3, 0.4) is 0 Å². The number of aromatic nitrogens is 2. The molecule has 0 amide bonds. The van der Waals surface area contributed by atoms with Gasteiger partial charge in [0.2, 0.25) is 5.75 Å². The SMILES string of the molecule is COc1cc([C@H]2SC(C)=Nc3c2c(=O)[nH]n3[C@H]2CCOC(C)(C)C2)cc2c1OCCO2. The van der Waals surface area contributed by atoms with E-state index < -0.39 is 0 Å². The largest absolute Gasteiger partial charge is 0.493 e. The summed E-state index contributed by atoms with van der Waals surface area (Å²) in [6, 6.07) is 4.02. The Morgan fingerprint density at radius 2 is 2.06 bits per heavy atom. The minimum Gasteiger partial charge on any atom is -0.493 e. The Morgan fingerprint density at radius 1 is 1.26 bits per heavy atom. The third-order valence-corrected chi connectivity index (χ3v) is 7.11. The summed E-state index contributed by atoms with van der Waals surface area (Å²) >= 11 is 1.57. The third kappa shape index (κ3) is 3.63. The van der Waals surface area contributed by atoms with Crippen LogP contribution in [0.5, 0.6) is 17.2 Å². The molecule has 0 bridgehead atoms. The van der Waals surface area contributed by atoms with E-state index in [2.05, 4.69) is 18.9 Å². The van der Waals surface area contributed by atoms with Crippen molar-refractivity contribution in [2.75, 3.05) is 26.9 Å². The number of H-pyrrole nitrogens is 1. The van der Waals surface area contributed by atoms with Crippen LogP contribution in [0.1, 0.15) is 56.0 Å². The number of nitrogens with one attached hydrogen (secondary N) is 1. The topological polar surface area (TPSA) is 87.1 Å². The van der Waals surface area contributed by atoms with Gasteiger partial charge in [0.25, 0.3) is 5.56 Å². The molecule has 9 heteroatoms. The molecule has 8 nitrogen and oxygen atoms in total. The highest BCUT2D eigenvalue weighted by molar-refractivity contribution is 8.14. The predicted octanol–water partition coefficient (Wildman–Crippen LogP) is 3.97. The van der Waals surface area contributed by atoms with Crippen molar-refractivity contribution in [1.82, 2.24) is 9.78 Å². The normalized spacial score (nSPS) is 24.3. The summed E-state index contributed by atoms with van der Waals surface area (Å²) in [5.74, 6) is 2.57. The fourth-order valence-corrected chi connectivity index (χ4v) is 5.66. The standard InChI is InChI=1S/C22H27N3O5S/c1-12-23-20-17(21(26)24-25(20)14-5-6-30-22(2,3)11-14)19(31-12)13-9-15(27-4)18-16(10-13)28-7-8-29-18/h9-10,14,19H,5-8,11H2,1-4H3,(H,24,26)/t14-,19+/m0/s1. The van der Waals surface area contributed by atoms with E-state index in [1.54, 1.807) is 18.9 Å². The van der Waals surface area contributed by atoms with Gasteiger partial charge in [-0.25, -0.2) is 4.99 Å². The van der Waals surface area contributed by atoms with Gasteiger partial charge >= 0.3 is 0 Å². The van der Waals surface area contributed by atoms with E-state index in [4.69, 9.17) is 23.9 Å². The first-order valence-corrected chi connectivity index (χ1v) is 11.4. The minimum atomic E-state index is -0.234. The van der Waals surface area contributed by atoms with Gasteiger partial charge in [-0.3, -0.25) is 14.6 Å². The molecule has 0 unspecified atom stereocenters. The Labute approximate surface area is 184 Å². The van der Waals surface area contributed by atoms with E-state index in [0.29, 0.717) is 48.5 Å². The van der Waals surface area contributed by atoms with Gasteiger partial charge in [-0.05, 0) is 51.3 Å². The highest BCUT2D eigenvalue weighted by Gasteiger charge is 2.36. The van der Waals surface area contributed by atoms with Gasteiger partial charge in [-0.15, -0.1) is 0 Å². The van der Waals surface area contributed by atoms with Crippen LogP contribution in [0.2, 0.25) is 0 Å². The Kier molecular flexibility index (Phi) is 5.05. The van der Waals surface area contributed by atoms with Crippen LogP contribution >= 0.6 is 11.8 Å². The second kappa shape index (κ2) is 7.63. The van der Waals surface area contributed by atoms with Gasteiger partial charge in [-0.2, -0.15) is 0 Å². The molecule has 4 heterocycles. The first-order valence-electron chi connectivity index (χ1n) is 10.5. The lowest BCUT2D eigenvalue weighted by molar-refractivity contribution is -0.0705. The van der Waals surface area contributed by atoms with Crippen LogP contribution in [0, 0.1) is 0 Å². The molecule has 3 aliphatic rings. The van der Waals surface area contributed by atoms with Crippen molar-refractivity contribution in [3.05, 3.63) is 33.6 Å². The number of fused-ring (bicyclic) bond motifs is 2. The second-order valence-electron chi connectivity index (χ2n) is 8.68. The van der Waals surface area contributed by atoms with Crippen LogP contribution in [0.25, 0.3) is 0 Å². The number of benzene rings is 1. The molecule has 1 aromatic carbocycles. The average Bonchev–Trinajstić information content (AvgIpc) is 3.07. The monoisotopic (exact) mass is 445 g/mol. The molecule has 0 saturated carbocycles. The first kappa shape index (κ1) is 20.5. The predicted molar refractivity (Wildman–Crippen MR) is 120 cm³/mol. The van der Waals surface area contributed by atoms with Gasteiger partial charge in [0.15, 0.2) is 17.3 Å². The number of nitrogens with zero attached hydrogens (tertiary/aromatic N) is 2. The molecule has 1 N–H and O–H groups in total. The quantitative estimate of drug-likeness (QED) is 0.769. The smallest absolute Gasteiger partial charge is 0.271 e. The van der Waals surface area contributed by atoms with Crippen LogP contribution in [-0.4, -0.2) is 47.4 Å². The summed E-state index contributed by atoms with van der Waals surface area (Å²) in [6.45, 7) is 7.78. The molecule has 166 valence electrons. The summed E-state index contributed by atoms with van der Waals surface area (Å²) in [5, 5.41) is 3.77. The number of hydrogen-bond donors (Lipinski definition) is 1. The van der Waals surface area contributed by atoms with Crippen molar-refractivity contribution in [2.24, 2.45) is 4.99 Å². The van der Waals surface area contributed by atoms with Crippen molar-refractivity contribution in [2.45, 2.75) is 50.5 Å². The summed E-state index contributed by atoms with van der Waals surface area (Å²) in [5.41, 5.74) is 1.25. The molecule has 1 fully saturated rings. The number of aliphatic imine (C=N–C) groups is 1. The maximum absolute atomic E-state index is 13.1. The second-order valence-corrected chi connectivity index (χ2v) is 9.98. The Hall–Kier alpha value is -2.39. The van der Waals surface area contributed by atoms with Gasteiger partial charge in [0, 0.05) is 6.61 Å². The zero-order valence-electron chi connectivity index (χ0n) is 18.2. The third-order valence-electron chi connectivity index (χ3n) is 5.94. The number of thioether (sulfide) groups is 1. The van der Waals surface area contributed by atoms with Gasteiger partial charge in [-0.1, -0.05) is 11.8 Å². The zero-order chi connectivity index (χ0) is 21.8. The molecule has 1 saturated heterocycles. The van der Waals surface area contributed by atoms with Crippen LogP contribution in [0.4, 0.5) is 5.82 Å². The minimum absolute atomic E-state index is 0.109. The molecule has 5 rings (SSSR count). The molecule has 31 heavy (non-hydrogen) atoms. The lowest BCUT2D eigenvalue weighted by atomic mass is 9.94. The number of aromatic amines is 1. The zero-order valence-corrected chi connectivity index (χ0v) is 19.0. The highest BCUT2D eigenvalue weighted by Crippen LogP contribution is 2.49. The van der Waals surface area contributed by atoms with Gasteiger partial charge in [0.1, 0.15) is 13.2 Å². The lowest BCUT2D eigenvalue weighted by Gasteiger charge is -2.36. The number of rotatable bonds is 3. The summed E-state index contributed by atoms with van der Waals surface area (Å²) in [4.78, 5) is 17.9. The average molecular weight is 446 g/mol. The number of hydrogen-bond acceptors (Lipinski definition) is 7. The molecule has 3 aliphatic heterocycles. The van der Waals surface area contributed by atoms with Crippen molar-refractivity contribution < 1.29 is 18.9 Å². The summed E-state index contributed by atoms with van der Waals surface area (Å²) in [7, 11) is 1.61. The van der Waals surface area contributed by atoms with Crippen LogP contribution in [-0.2, 0) is 4.74 Å². The molecule has 0 spiro atoms. The maximum Gasteiger partial charge on any atom is 0.271 e. The van der Waals surface area contributed by atoms with E-state index in [9.17, 15) is 4.79 Å². The van der Waals surface area contributed by atoms with E-state index in [0.717, 1.165) is 23.4 Å². The van der Waals surface area contributed by atoms with E-state index >= 15 is 0 Å². The Balaban J connectivity index is 1.60. The van der Waals surface area contributed by atoms with Crippen molar-refractivity contribution in [3.8, 4) is 17.2 Å². The molecule has 2 aromatic rings. The van der Waals surface area contributed by atoms with E-state index in [1.807, 2.05) is 23.7 Å². The van der Waals surface area contributed by atoms with E-state index in [1.165, 1.54) is 0 Å². The molecule has 2 atom stereocenters. The molecular weight excluding hydrogens is 418 g/mol. The summed E-state index contributed by atoms with van der Waals surface area (Å²) in [6.07, 6.45) is 1.65. The van der Waals surface area contributed by atoms with Crippen molar-refractivity contribution >= 4 is 22.6 Å². The van der Waals surface area contributed by atoms with Crippen LogP contribution < -0.4 is 19.8 Å². The van der Waals surface area contributed by atoms with Gasteiger partial charge in [0.05, 0.1) is 34.6 Å². The molecule has 0 radical (unpaired) electrons. The van der Waals surface area contributed by atoms with Crippen LogP contribution in [0.15, 0.2) is 21.9 Å². The molecule has 0 aliphatic carbocycles. The molecule has 1 aromatic heterocycles. The van der Waals surface area contributed by atoms with Crippen molar-refractivity contribution in [1.29, 1.82) is 0 Å². The number of methoxy groups -OCH3 is 1. The number of ether oxygens (including phenoxy) is 4. The Bertz CT molecular complexity index is 1090. The Morgan fingerprint density at radius 3 is 2.84 bits per heavy atom. The first-order chi connectivity index (χ1) is 14.9. The fourth-order valence-electron chi connectivity index (χ4n) is 4.57. The lowest BCUT2D eigenvalue weighted by Crippen LogP contribution is -2.35. The van der Waals surface area contributed by atoms with E-state index in [-0.39, 0.29) is 22.5 Å². The molecular formula is C22H27N3O5S. The van der Waals surface area contributed by atoms with Gasteiger partial charge < -0.3 is 18.9 Å².